The molecule has 8 nitrogen and oxygen atoms in total. The van der Waals surface area contributed by atoms with Crippen LogP contribution in [0.4, 0.5) is 0 Å². The van der Waals surface area contributed by atoms with Crippen molar-refractivity contribution in [3.05, 3.63) is 114 Å². The largest absolute Gasteiger partial charge is 0.489 e. The second kappa shape index (κ2) is 12.0. The maximum atomic E-state index is 12.8. The lowest BCUT2D eigenvalue weighted by molar-refractivity contribution is 0.0981. The molecule has 0 radical (unpaired) electrons. The molecule has 0 fully saturated rings. The highest BCUT2D eigenvalue weighted by atomic mass is 32.2. The molecule has 206 valence electrons. The Labute approximate surface area is 234 Å². The molecule has 4 aromatic rings. The van der Waals surface area contributed by atoms with Gasteiger partial charge in [0.1, 0.15) is 11.9 Å². The van der Waals surface area contributed by atoms with Crippen molar-refractivity contribution in [2.75, 3.05) is 13.1 Å². The zero-order valence-electron chi connectivity index (χ0n) is 22.1. The highest BCUT2D eigenvalue weighted by Crippen LogP contribution is 2.32. The average molecular weight is 558 g/mol. The monoisotopic (exact) mass is 557 g/mol. The number of aromatic nitrogens is 1. The number of rotatable bonds is 9. The Kier molecular flexibility index (Phi) is 8.25. The molecule has 3 aromatic carbocycles. The number of carbonyl (C=O) groups excluding carboxylic acids is 1. The first-order chi connectivity index (χ1) is 19.3. The molecule has 0 spiro atoms. The van der Waals surface area contributed by atoms with Gasteiger partial charge in [-0.2, -0.15) is 0 Å². The van der Waals surface area contributed by atoms with E-state index < -0.39 is 22.0 Å². The molecule has 0 saturated heterocycles. The Morgan fingerprint density at radius 2 is 1.80 bits per heavy atom. The van der Waals surface area contributed by atoms with E-state index in [1.807, 2.05) is 25.1 Å². The minimum Gasteiger partial charge on any atom is -0.489 e. The number of hydrogen-bond donors (Lipinski definition) is 3. The lowest BCUT2D eigenvalue weighted by Gasteiger charge is -2.27. The molecule has 3 N–H and O–H groups in total. The standard InChI is InChI=1S/C31H31N3O5S/c1-21-4-6-23(7-5-21)31(36)34-40(37,38)28-13-9-22(10-14-28)24-11-15-30-25(17-24)8-12-27(39-30)19-33-20-29(35)26-3-2-16-32-18-26/h2-7,9-11,13-18,27,29,33,35H,8,12,19-20H2,1H3,(H,34,36)/t27-,29+/m1/s1. The first-order valence-corrected chi connectivity index (χ1v) is 14.6. The van der Waals surface area contributed by atoms with Crippen LogP contribution in [-0.2, 0) is 16.4 Å². The molecular formula is C31H31N3O5S. The summed E-state index contributed by atoms with van der Waals surface area (Å²) in [6, 6.07) is 22.8. The molecule has 5 rings (SSSR count). The molecule has 0 unspecified atom stereocenters. The van der Waals surface area contributed by atoms with E-state index in [9.17, 15) is 18.3 Å². The molecule has 1 aromatic heterocycles. The Morgan fingerprint density at radius 3 is 2.52 bits per heavy atom. The number of amides is 1. The molecule has 9 heteroatoms. The summed E-state index contributed by atoms with van der Waals surface area (Å²) in [6.45, 7) is 2.93. The van der Waals surface area contributed by atoms with Crippen molar-refractivity contribution < 1.29 is 23.1 Å². The van der Waals surface area contributed by atoms with Gasteiger partial charge in [-0.05, 0) is 78.9 Å². The molecule has 1 amide bonds. The summed E-state index contributed by atoms with van der Waals surface area (Å²) < 4.78 is 33.8. The number of hydrogen-bond acceptors (Lipinski definition) is 7. The normalized spacial score (nSPS) is 15.5. The lowest BCUT2D eigenvalue weighted by Crippen LogP contribution is -2.36. The van der Waals surface area contributed by atoms with Gasteiger partial charge in [0, 0.05) is 36.6 Å². The van der Waals surface area contributed by atoms with Crippen LogP contribution in [0.3, 0.4) is 0 Å². The maximum Gasteiger partial charge on any atom is 0.264 e. The molecule has 0 aliphatic carbocycles. The summed E-state index contributed by atoms with van der Waals surface area (Å²) in [6.07, 6.45) is 4.39. The Hall–Kier alpha value is -4.05. The quantitative estimate of drug-likeness (QED) is 0.282. The van der Waals surface area contributed by atoms with E-state index in [1.54, 1.807) is 54.9 Å². The van der Waals surface area contributed by atoms with Gasteiger partial charge in [-0.3, -0.25) is 9.78 Å². The van der Waals surface area contributed by atoms with E-state index in [4.69, 9.17) is 4.74 Å². The minimum atomic E-state index is -4.01. The van der Waals surface area contributed by atoms with Crippen molar-refractivity contribution in [2.24, 2.45) is 0 Å². The first-order valence-electron chi connectivity index (χ1n) is 13.1. The minimum absolute atomic E-state index is 0.000872. The number of nitrogens with one attached hydrogen (secondary N) is 2. The van der Waals surface area contributed by atoms with Crippen LogP contribution in [0.2, 0.25) is 0 Å². The summed E-state index contributed by atoms with van der Waals surface area (Å²) in [5.41, 5.74) is 4.93. The summed E-state index contributed by atoms with van der Waals surface area (Å²) in [4.78, 5) is 16.5. The fraction of sp³-hybridized carbons (Fsp3) is 0.226. The highest BCUT2D eigenvalue weighted by molar-refractivity contribution is 7.90. The molecule has 0 bridgehead atoms. The van der Waals surface area contributed by atoms with E-state index in [2.05, 4.69) is 21.1 Å². The topological polar surface area (TPSA) is 118 Å². The molecule has 2 atom stereocenters. The third-order valence-corrected chi connectivity index (χ3v) is 8.25. The molecule has 1 aliphatic rings. The van der Waals surface area contributed by atoms with Gasteiger partial charge in [0.05, 0.1) is 11.0 Å². The summed E-state index contributed by atoms with van der Waals surface area (Å²) in [7, 11) is -4.01. The van der Waals surface area contributed by atoms with Crippen molar-refractivity contribution in [1.29, 1.82) is 0 Å². The van der Waals surface area contributed by atoms with E-state index in [0.29, 0.717) is 13.1 Å². The predicted octanol–water partition coefficient (Wildman–Crippen LogP) is 4.19. The van der Waals surface area contributed by atoms with Gasteiger partial charge in [-0.15, -0.1) is 0 Å². The Balaban J connectivity index is 1.18. The fourth-order valence-corrected chi connectivity index (χ4v) is 5.59. The fourth-order valence-electron chi connectivity index (χ4n) is 4.61. The van der Waals surface area contributed by atoms with Crippen molar-refractivity contribution >= 4 is 15.9 Å². The maximum absolute atomic E-state index is 12.8. The molecule has 2 heterocycles. The molecule has 0 saturated carbocycles. The van der Waals surface area contributed by atoms with Gasteiger partial charge in [-0.25, -0.2) is 13.1 Å². The summed E-state index contributed by atoms with van der Waals surface area (Å²) >= 11 is 0. The van der Waals surface area contributed by atoms with Crippen molar-refractivity contribution in [2.45, 2.75) is 36.9 Å². The van der Waals surface area contributed by atoms with Gasteiger partial charge >= 0.3 is 0 Å². The van der Waals surface area contributed by atoms with Crippen LogP contribution in [0, 0.1) is 6.92 Å². The smallest absolute Gasteiger partial charge is 0.264 e. The zero-order chi connectivity index (χ0) is 28.1. The second-order valence-electron chi connectivity index (χ2n) is 9.89. The van der Waals surface area contributed by atoms with Gasteiger partial charge in [-0.1, -0.05) is 42.0 Å². The number of benzene rings is 3. The van der Waals surface area contributed by atoms with Crippen molar-refractivity contribution in [1.82, 2.24) is 15.0 Å². The van der Waals surface area contributed by atoms with Crippen molar-refractivity contribution in [3.8, 4) is 16.9 Å². The Morgan fingerprint density at radius 1 is 1.05 bits per heavy atom. The van der Waals surface area contributed by atoms with Crippen LogP contribution in [0.25, 0.3) is 11.1 Å². The van der Waals surface area contributed by atoms with Crippen molar-refractivity contribution in [3.63, 3.8) is 0 Å². The third-order valence-electron chi connectivity index (χ3n) is 6.91. The van der Waals surface area contributed by atoms with Crippen LogP contribution < -0.4 is 14.8 Å². The molecule has 1 aliphatic heterocycles. The van der Waals surface area contributed by atoms with E-state index in [0.717, 1.165) is 46.4 Å². The summed E-state index contributed by atoms with van der Waals surface area (Å²) in [5.74, 6) is 0.157. The predicted molar refractivity (Wildman–Crippen MR) is 153 cm³/mol. The number of pyridine rings is 1. The second-order valence-corrected chi connectivity index (χ2v) is 11.6. The Bertz CT molecular complexity index is 1570. The van der Waals surface area contributed by atoms with Crippen LogP contribution in [0.15, 0.2) is 96.2 Å². The number of ether oxygens (including phenoxy) is 1. The van der Waals surface area contributed by atoms with Gasteiger partial charge < -0.3 is 15.2 Å². The first kappa shape index (κ1) is 27.5. The number of sulfonamides is 1. The van der Waals surface area contributed by atoms with E-state index in [-0.39, 0.29) is 16.6 Å². The van der Waals surface area contributed by atoms with Gasteiger partial charge in [0.25, 0.3) is 15.9 Å². The van der Waals surface area contributed by atoms with Crippen LogP contribution >= 0.6 is 0 Å². The van der Waals surface area contributed by atoms with E-state index in [1.165, 1.54) is 12.1 Å². The van der Waals surface area contributed by atoms with Crippen LogP contribution in [0.1, 0.15) is 39.6 Å². The van der Waals surface area contributed by atoms with Gasteiger partial charge in [0.2, 0.25) is 0 Å². The van der Waals surface area contributed by atoms with Gasteiger partial charge in [0.15, 0.2) is 0 Å². The summed E-state index contributed by atoms with van der Waals surface area (Å²) in [5, 5.41) is 13.6. The molecular weight excluding hydrogens is 526 g/mol. The third kappa shape index (κ3) is 6.56. The molecule has 40 heavy (non-hydrogen) atoms. The lowest BCUT2D eigenvalue weighted by atomic mass is 9.97. The number of aliphatic hydroxyl groups excluding tert-OH is 1. The highest BCUT2D eigenvalue weighted by Gasteiger charge is 2.22. The van der Waals surface area contributed by atoms with Crippen LogP contribution in [-0.4, -0.2) is 43.6 Å². The number of aryl methyl sites for hydroxylation is 2. The number of carbonyl (C=O) groups is 1. The number of nitrogens with zero attached hydrogens (tertiary/aromatic N) is 1. The van der Waals surface area contributed by atoms with Crippen LogP contribution in [0.5, 0.6) is 5.75 Å². The number of aliphatic hydroxyl groups is 1. The average Bonchev–Trinajstić information content (AvgIpc) is 2.97. The number of fused-ring (bicyclic) bond motifs is 1. The van der Waals surface area contributed by atoms with E-state index >= 15 is 0 Å². The zero-order valence-corrected chi connectivity index (χ0v) is 22.9. The SMILES string of the molecule is Cc1ccc(C(=O)NS(=O)(=O)c2ccc(-c3ccc4c(c3)CC[C@H](CNC[C@H](O)c3cccnc3)O4)cc2)cc1.